The van der Waals surface area contributed by atoms with Crippen LogP contribution in [0.25, 0.3) is 5.65 Å². The van der Waals surface area contributed by atoms with Gasteiger partial charge in [-0.3, -0.25) is 0 Å². The van der Waals surface area contributed by atoms with Gasteiger partial charge < -0.3 is 4.40 Å². The number of pyridine rings is 1. The van der Waals surface area contributed by atoms with Gasteiger partial charge >= 0.3 is 0 Å². The average Bonchev–Trinajstić information content (AvgIpc) is 2.47. The third-order valence-corrected chi connectivity index (χ3v) is 2.25. The molecule has 0 fully saturated rings. The van der Waals surface area contributed by atoms with Crippen LogP contribution < -0.4 is 0 Å². The van der Waals surface area contributed by atoms with Crippen LogP contribution in [0.1, 0.15) is 26.3 Å². The summed E-state index contributed by atoms with van der Waals surface area (Å²) >= 11 is 0. The smallest absolute Gasteiger partial charge is 0.136 e. The highest BCUT2D eigenvalue weighted by Gasteiger charge is 2.13. The molecule has 68 valence electrons. The van der Waals surface area contributed by atoms with Crippen LogP contribution in [0.4, 0.5) is 0 Å². The third-order valence-electron chi connectivity index (χ3n) is 2.25. The maximum Gasteiger partial charge on any atom is 0.136 e. The molecule has 0 aliphatic carbocycles. The first-order valence-electron chi connectivity index (χ1n) is 4.50. The predicted molar refractivity (Wildman–Crippen MR) is 53.9 cm³/mol. The highest BCUT2D eigenvalue weighted by Crippen LogP contribution is 2.21. The van der Waals surface area contributed by atoms with Crippen LogP contribution in [0.3, 0.4) is 0 Å². The Morgan fingerprint density at radius 3 is 2.69 bits per heavy atom. The Hall–Kier alpha value is -1.31. The molecule has 0 saturated carbocycles. The van der Waals surface area contributed by atoms with Gasteiger partial charge in [0.05, 0.1) is 0 Å². The van der Waals surface area contributed by atoms with Crippen LogP contribution in [0, 0.1) is 0 Å². The highest BCUT2D eigenvalue weighted by atomic mass is 15.0. The Labute approximate surface area is 78.2 Å². The average molecular weight is 174 g/mol. The minimum Gasteiger partial charge on any atom is -0.307 e. The first-order valence-corrected chi connectivity index (χ1v) is 4.50. The molecule has 0 radical (unpaired) electrons. The first kappa shape index (κ1) is 8.30. The van der Waals surface area contributed by atoms with Crippen molar-refractivity contribution < 1.29 is 0 Å². The normalized spacial score (nSPS) is 12.2. The maximum absolute atomic E-state index is 4.20. The summed E-state index contributed by atoms with van der Waals surface area (Å²) in [5, 5.41) is 0. The molecule has 0 saturated heterocycles. The number of hydrogen-bond donors (Lipinski definition) is 0. The molecule has 2 heterocycles. The molecular formula is C11H14N2. The molecule has 2 nitrogen and oxygen atoms in total. The van der Waals surface area contributed by atoms with Gasteiger partial charge in [-0.1, -0.05) is 26.8 Å². The van der Waals surface area contributed by atoms with Crippen molar-refractivity contribution in [1.29, 1.82) is 0 Å². The lowest BCUT2D eigenvalue weighted by Gasteiger charge is -2.18. The summed E-state index contributed by atoms with van der Waals surface area (Å²) in [5.41, 5.74) is 2.55. The van der Waals surface area contributed by atoms with E-state index < -0.39 is 0 Å². The standard InChI is InChI=1S/C11H14N2/c1-11(2,3)9-4-5-10-12-6-7-13(10)8-9/h4-8H,1-3H3. The molecule has 2 aromatic heterocycles. The Morgan fingerprint density at radius 1 is 1.23 bits per heavy atom. The quantitative estimate of drug-likeness (QED) is 0.600. The van der Waals surface area contributed by atoms with Crippen molar-refractivity contribution >= 4 is 5.65 Å². The van der Waals surface area contributed by atoms with Gasteiger partial charge in [0.2, 0.25) is 0 Å². The number of imidazole rings is 1. The lowest BCUT2D eigenvalue weighted by Crippen LogP contribution is -2.11. The second-order valence-corrected chi connectivity index (χ2v) is 4.36. The fraction of sp³-hybridized carbons (Fsp3) is 0.364. The SMILES string of the molecule is CC(C)(C)c1ccc2nccn2c1. The summed E-state index contributed by atoms with van der Waals surface area (Å²) in [4.78, 5) is 4.20. The molecule has 0 unspecified atom stereocenters. The molecule has 0 aromatic carbocycles. The van der Waals surface area contributed by atoms with Crippen molar-refractivity contribution in [2.45, 2.75) is 26.2 Å². The molecule has 0 atom stereocenters. The molecule has 0 aliphatic rings. The van der Waals surface area contributed by atoms with E-state index in [1.807, 2.05) is 12.4 Å². The zero-order valence-electron chi connectivity index (χ0n) is 8.28. The van der Waals surface area contributed by atoms with Crippen LogP contribution in [0.5, 0.6) is 0 Å². The molecule has 2 aromatic rings. The van der Waals surface area contributed by atoms with Crippen molar-refractivity contribution in [3.05, 3.63) is 36.3 Å². The zero-order valence-corrected chi connectivity index (χ0v) is 8.28. The number of aromatic nitrogens is 2. The number of hydrogen-bond acceptors (Lipinski definition) is 1. The summed E-state index contributed by atoms with van der Waals surface area (Å²) in [5.74, 6) is 0. The first-order chi connectivity index (χ1) is 6.07. The summed E-state index contributed by atoms with van der Waals surface area (Å²) in [6.07, 6.45) is 5.94. The minimum absolute atomic E-state index is 0.207. The van der Waals surface area contributed by atoms with Crippen molar-refractivity contribution in [3.63, 3.8) is 0 Å². The van der Waals surface area contributed by atoms with Gasteiger partial charge in [0, 0.05) is 18.6 Å². The maximum atomic E-state index is 4.20. The Morgan fingerprint density at radius 2 is 2.00 bits per heavy atom. The molecule has 0 N–H and O–H groups in total. The van der Waals surface area contributed by atoms with Gasteiger partial charge in [-0.25, -0.2) is 4.98 Å². The molecular weight excluding hydrogens is 160 g/mol. The zero-order chi connectivity index (χ0) is 9.47. The van der Waals surface area contributed by atoms with Crippen molar-refractivity contribution in [2.24, 2.45) is 0 Å². The van der Waals surface area contributed by atoms with E-state index in [4.69, 9.17) is 0 Å². The number of nitrogens with zero attached hydrogens (tertiary/aromatic N) is 2. The van der Waals surface area contributed by atoms with Gasteiger partial charge in [0.1, 0.15) is 5.65 Å². The third kappa shape index (κ3) is 1.44. The van der Waals surface area contributed by atoms with Crippen molar-refractivity contribution in [1.82, 2.24) is 9.38 Å². The van der Waals surface area contributed by atoms with Gasteiger partial charge in [0.15, 0.2) is 0 Å². The Bertz CT molecular complexity index is 421. The minimum atomic E-state index is 0.207. The van der Waals surface area contributed by atoms with Gasteiger partial charge in [-0.2, -0.15) is 0 Å². The summed E-state index contributed by atoms with van der Waals surface area (Å²) in [6, 6.07) is 4.20. The van der Waals surface area contributed by atoms with E-state index in [1.165, 1.54) is 5.56 Å². The summed E-state index contributed by atoms with van der Waals surface area (Å²) in [6.45, 7) is 6.64. The molecule has 0 bridgehead atoms. The molecule has 0 aliphatic heterocycles. The van der Waals surface area contributed by atoms with Gasteiger partial charge in [-0.05, 0) is 17.0 Å². The summed E-state index contributed by atoms with van der Waals surface area (Å²) < 4.78 is 2.06. The second kappa shape index (κ2) is 2.59. The molecule has 2 heteroatoms. The largest absolute Gasteiger partial charge is 0.307 e. The van der Waals surface area contributed by atoms with Crippen molar-refractivity contribution in [2.75, 3.05) is 0 Å². The topological polar surface area (TPSA) is 17.3 Å². The fourth-order valence-corrected chi connectivity index (χ4v) is 1.36. The second-order valence-electron chi connectivity index (χ2n) is 4.36. The van der Waals surface area contributed by atoms with E-state index in [0.717, 1.165) is 5.65 Å². The fourth-order valence-electron chi connectivity index (χ4n) is 1.36. The van der Waals surface area contributed by atoms with Gasteiger partial charge in [0.25, 0.3) is 0 Å². The molecule has 2 rings (SSSR count). The molecule has 13 heavy (non-hydrogen) atoms. The van der Waals surface area contributed by atoms with E-state index in [-0.39, 0.29) is 5.41 Å². The van der Waals surface area contributed by atoms with Crippen molar-refractivity contribution in [3.8, 4) is 0 Å². The molecule has 0 spiro atoms. The Balaban J connectivity index is 2.61. The molecule has 0 amide bonds. The van der Waals surface area contributed by atoms with Crippen LogP contribution in [0.2, 0.25) is 0 Å². The highest BCUT2D eigenvalue weighted by molar-refractivity contribution is 5.40. The van der Waals surface area contributed by atoms with E-state index in [0.29, 0.717) is 0 Å². The number of fused-ring (bicyclic) bond motifs is 1. The van der Waals surface area contributed by atoms with Crippen LogP contribution >= 0.6 is 0 Å². The van der Waals surface area contributed by atoms with Crippen LogP contribution in [-0.2, 0) is 5.41 Å². The lowest BCUT2D eigenvalue weighted by atomic mass is 9.88. The number of rotatable bonds is 0. The van der Waals surface area contributed by atoms with E-state index >= 15 is 0 Å². The Kier molecular flexibility index (Phi) is 1.65. The van der Waals surface area contributed by atoms with E-state index in [1.54, 1.807) is 0 Å². The van der Waals surface area contributed by atoms with Crippen LogP contribution in [-0.4, -0.2) is 9.38 Å². The van der Waals surface area contributed by atoms with Gasteiger partial charge in [-0.15, -0.1) is 0 Å². The predicted octanol–water partition coefficient (Wildman–Crippen LogP) is 2.63. The van der Waals surface area contributed by atoms with E-state index in [9.17, 15) is 0 Å². The lowest BCUT2D eigenvalue weighted by molar-refractivity contribution is 0.586. The van der Waals surface area contributed by atoms with E-state index in [2.05, 4.69) is 48.5 Å². The summed E-state index contributed by atoms with van der Waals surface area (Å²) in [7, 11) is 0. The monoisotopic (exact) mass is 174 g/mol. The van der Waals surface area contributed by atoms with Crippen LogP contribution in [0.15, 0.2) is 30.7 Å².